The third-order valence-corrected chi connectivity index (χ3v) is 2.23. The van der Waals surface area contributed by atoms with Crippen molar-refractivity contribution in [2.75, 3.05) is 0 Å². The van der Waals surface area contributed by atoms with Crippen molar-refractivity contribution in [3.63, 3.8) is 0 Å². The Labute approximate surface area is 66.6 Å². The third kappa shape index (κ3) is 1.62. The second-order valence-electron chi connectivity index (χ2n) is 3.12. The van der Waals surface area contributed by atoms with Crippen molar-refractivity contribution >= 4 is 0 Å². The second kappa shape index (κ2) is 3.07. The van der Waals surface area contributed by atoms with E-state index in [0.717, 1.165) is 12.1 Å². The molecule has 1 fully saturated rings. The highest BCUT2D eigenvalue weighted by molar-refractivity contribution is 5.08. The van der Waals surface area contributed by atoms with Crippen molar-refractivity contribution in [3.8, 4) is 0 Å². The molecule has 2 nitrogen and oxygen atoms in total. The molecule has 1 aliphatic rings. The zero-order valence-corrected chi connectivity index (χ0v) is 6.55. The molecule has 0 aromatic carbocycles. The van der Waals surface area contributed by atoms with Crippen LogP contribution in [0.15, 0.2) is 16.9 Å². The van der Waals surface area contributed by atoms with Gasteiger partial charge in [0.25, 0.3) is 0 Å². The maximum absolute atomic E-state index is 4.76. The van der Waals surface area contributed by atoms with E-state index in [2.05, 4.69) is 5.16 Å². The van der Waals surface area contributed by atoms with Crippen LogP contribution < -0.4 is 0 Å². The Morgan fingerprint density at radius 2 is 2.18 bits per heavy atom. The molecule has 0 unspecified atom stereocenters. The monoisotopic (exact) mass is 150 g/mol. The fourth-order valence-corrected chi connectivity index (χ4v) is 1.64. The van der Waals surface area contributed by atoms with Crippen LogP contribution in [0.2, 0.25) is 0 Å². The van der Waals surface area contributed by atoms with Crippen LogP contribution in [0, 0.1) is 5.92 Å². The number of hydrogen-bond acceptors (Lipinski definition) is 2. The highest BCUT2D eigenvalue weighted by Gasteiger charge is 2.16. The smallest absolute Gasteiger partial charge is 0.124 e. The summed E-state index contributed by atoms with van der Waals surface area (Å²) in [6, 6.07) is 1.95. The lowest BCUT2D eigenvalue weighted by Crippen LogP contribution is -1.95. The SMILES string of the molecule is c1cc(C[C]2CCCC2)no1. The van der Waals surface area contributed by atoms with Crippen LogP contribution in [-0.2, 0) is 6.42 Å². The van der Waals surface area contributed by atoms with Crippen LogP contribution in [-0.4, -0.2) is 5.16 Å². The van der Waals surface area contributed by atoms with Crippen LogP contribution in [0.4, 0.5) is 0 Å². The Balaban J connectivity index is 1.90. The molecule has 1 heterocycles. The van der Waals surface area contributed by atoms with Gasteiger partial charge in [-0.05, 0) is 25.2 Å². The number of hydrogen-bond donors (Lipinski definition) is 0. The summed E-state index contributed by atoms with van der Waals surface area (Å²) in [5.41, 5.74) is 1.09. The summed E-state index contributed by atoms with van der Waals surface area (Å²) in [6.45, 7) is 0. The molecule has 0 bridgehead atoms. The molecule has 59 valence electrons. The van der Waals surface area contributed by atoms with Gasteiger partial charge < -0.3 is 4.52 Å². The quantitative estimate of drug-likeness (QED) is 0.646. The van der Waals surface area contributed by atoms with Gasteiger partial charge in [0.15, 0.2) is 0 Å². The van der Waals surface area contributed by atoms with Crippen molar-refractivity contribution in [1.82, 2.24) is 5.16 Å². The molecule has 0 aliphatic heterocycles. The van der Waals surface area contributed by atoms with Gasteiger partial charge in [-0.1, -0.05) is 18.0 Å². The molecule has 2 rings (SSSR count). The van der Waals surface area contributed by atoms with Crippen molar-refractivity contribution < 1.29 is 4.52 Å². The fourth-order valence-electron chi connectivity index (χ4n) is 1.64. The molecule has 1 aromatic heterocycles. The van der Waals surface area contributed by atoms with Gasteiger partial charge in [-0.3, -0.25) is 0 Å². The zero-order valence-electron chi connectivity index (χ0n) is 6.55. The molecule has 0 N–H and O–H groups in total. The molecule has 1 aromatic rings. The number of rotatable bonds is 2. The molecule has 1 saturated carbocycles. The van der Waals surface area contributed by atoms with E-state index in [1.54, 1.807) is 12.2 Å². The van der Waals surface area contributed by atoms with E-state index in [9.17, 15) is 0 Å². The molecule has 11 heavy (non-hydrogen) atoms. The highest BCUT2D eigenvalue weighted by atomic mass is 16.5. The van der Waals surface area contributed by atoms with E-state index in [4.69, 9.17) is 4.52 Å². The van der Waals surface area contributed by atoms with Crippen LogP contribution in [0.25, 0.3) is 0 Å². The van der Waals surface area contributed by atoms with Crippen molar-refractivity contribution in [2.24, 2.45) is 0 Å². The zero-order chi connectivity index (χ0) is 7.52. The van der Waals surface area contributed by atoms with Crippen molar-refractivity contribution in [3.05, 3.63) is 23.9 Å². The average Bonchev–Trinajstić information content (AvgIpc) is 2.60. The van der Waals surface area contributed by atoms with Gasteiger partial charge in [-0.15, -0.1) is 0 Å². The molecule has 1 radical (unpaired) electrons. The lowest BCUT2D eigenvalue weighted by Gasteiger charge is -2.02. The maximum atomic E-state index is 4.76. The molecular weight excluding hydrogens is 138 g/mol. The third-order valence-electron chi connectivity index (χ3n) is 2.23. The number of aromatic nitrogens is 1. The van der Waals surface area contributed by atoms with Crippen LogP contribution in [0.1, 0.15) is 31.4 Å². The van der Waals surface area contributed by atoms with E-state index in [1.165, 1.54) is 25.7 Å². The standard InChI is InChI=1S/C9H12NO/c1-2-4-8(3-1)7-9-5-6-11-10-9/h5-6H,1-4,7H2. The molecule has 1 aliphatic carbocycles. The Hall–Kier alpha value is -0.790. The lowest BCUT2D eigenvalue weighted by molar-refractivity contribution is 0.411. The summed E-state index contributed by atoms with van der Waals surface area (Å²) in [4.78, 5) is 0. The predicted molar refractivity (Wildman–Crippen MR) is 41.9 cm³/mol. The normalized spacial score (nSPS) is 19.3. The van der Waals surface area contributed by atoms with Crippen LogP contribution >= 0.6 is 0 Å². The Morgan fingerprint density at radius 1 is 1.36 bits per heavy atom. The van der Waals surface area contributed by atoms with Gasteiger partial charge in [-0.25, -0.2) is 0 Å². The fraction of sp³-hybridized carbons (Fsp3) is 0.556. The van der Waals surface area contributed by atoms with Gasteiger partial charge in [0.1, 0.15) is 6.26 Å². The highest BCUT2D eigenvalue weighted by Crippen LogP contribution is 2.29. The van der Waals surface area contributed by atoms with E-state index in [-0.39, 0.29) is 0 Å². The molecular formula is C9H12NO. The second-order valence-corrected chi connectivity index (χ2v) is 3.12. The molecule has 0 saturated heterocycles. The minimum Gasteiger partial charge on any atom is -0.365 e. The largest absolute Gasteiger partial charge is 0.365 e. The van der Waals surface area contributed by atoms with E-state index < -0.39 is 0 Å². The predicted octanol–water partition coefficient (Wildman–Crippen LogP) is 2.37. The Morgan fingerprint density at radius 3 is 2.82 bits per heavy atom. The summed E-state index contributed by atoms with van der Waals surface area (Å²) in [5.74, 6) is 1.64. The van der Waals surface area contributed by atoms with E-state index in [0.29, 0.717) is 0 Å². The minimum atomic E-state index is 1.04. The maximum Gasteiger partial charge on any atom is 0.124 e. The van der Waals surface area contributed by atoms with Gasteiger partial charge in [-0.2, -0.15) is 0 Å². The van der Waals surface area contributed by atoms with Gasteiger partial charge in [0, 0.05) is 6.07 Å². The van der Waals surface area contributed by atoms with Crippen LogP contribution in [0.3, 0.4) is 0 Å². The molecule has 0 atom stereocenters. The lowest BCUT2D eigenvalue weighted by atomic mass is 10.0. The topological polar surface area (TPSA) is 26.0 Å². The van der Waals surface area contributed by atoms with Gasteiger partial charge in [0.2, 0.25) is 0 Å². The molecule has 0 spiro atoms. The first-order valence-electron chi connectivity index (χ1n) is 4.18. The minimum absolute atomic E-state index is 1.04. The molecule has 0 amide bonds. The first-order chi connectivity index (χ1) is 5.45. The Bertz CT molecular complexity index is 199. The van der Waals surface area contributed by atoms with Gasteiger partial charge >= 0.3 is 0 Å². The summed E-state index contributed by atoms with van der Waals surface area (Å²) in [7, 11) is 0. The van der Waals surface area contributed by atoms with Crippen LogP contribution in [0.5, 0.6) is 0 Å². The first-order valence-corrected chi connectivity index (χ1v) is 4.18. The van der Waals surface area contributed by atoms with E-state index >= 15 is 0 Å². The van der Waals surface area contributed by atoms with Crippen molar-refractivity contribution in [1.29, 1.82) is 0 Å². The van der Waals surface area contributed by atoms with Crippen molar-refractivity contribution in [2.45, 2.75) is 32.1 Å². The molecule has 2 heteroatoms. The number of nitrogens with zero attached hydrogens (tertiary/aromatic N) is 1. The summed E-state index contributed by atoms with van der Waals surface area (Å²) < 4.78 is 4.76. The van der Waals surface area contributed by atoms with E-state index in [1.807, 2.05) is 6.07 Å². The summed E-state index contributed by atoms with van der Waals surface area (Å²) >= 11 is 0. The summed E-state index contributed by atoms with van der Waals surface area (Å²) in [5, 5.41) is 3.88. The average molecular weight is 150 g/mol. The Kier molecular flexibility index (Phi) is 1.93. The first kappa shape index (κ1) is 6.89. The van der Waals surface area contributed by atoms with Gasteiger partial charge in [0.05, 0.1) is 5.69 Å². The summed E-state index contributed by atoms with van der Waals surface area (Å²) in [6.07, 6.45) is 8.02.